The minimum atomic E-state index is -0.213. The zero-order valence-corrected chi connectivity index (χ0v) is 18.0. The van der Waals surface area contributed by atoms with Gasteiger partial charge < -0.3 is 16.0 Å². The molecule has 0 unspecified atom stereocenters. The van der Waals surface area contributed by atoms with E-state index in [4.69, 9.17) is 0 Å². The number of urea groups is 1. The van der Waals surface area contributed by atoms with Crippen LogP contribution in [0.4, 0.5) is 16.2 Å². The normalized spacial score (nSPS) is 18.0. The molecule has 1 atom stereocenters. The number of likely N-dealkylation sites (tertiary alicyclic amines) is 1. The summed E-state index contributed by atoms with van der Waals surface area (Å²) < 4.78 is 0. The maximum absolute atomic E-state index is 12.3. The summed E-state index contributed by atoms with van der Waals surface area (Å²) in [5.41, 5.74) is 1.36. The van der Waals surface area contributed by atoms with E-state index in [0.29, 0.717) is 30.5 Å². The number of carbonyl (C=O) groups excluding carboxylic acids is 2. The van der Waals surface area contributed by atoms with Crippen LogP contribution in [0, 0.1) is 11.8 Å². The number of carbonyl (C=O) groups is 2. The second-order valence-electron chi connectivity index (χ2n) is 9.04. The monoisotopic (exact) mass is 388 g/mol. The van der Waals surface area contributed by atoms with Gasteiger partial charge in [0.25, 0.3) is 0 Å². The number of benzene rings is 1. The molecule has 156 valence electrons. The highest BCUT2D eigenvalue weighted by molar-refractivity contribution is 5.92. The van der Waals surface area contributed by atoms with Crippen molar-refractivity contribution in [2.24, 2.45) is 11.8 Å². The minimum Gasteiger partial charge on any atom is -0.336 e. The lowest BCUT2D eigenvalue weighted by Gasteiger charge is -2.43. The van der Waals surface area contributed by atoms with Crippen molar-refractivity contribution in [2.75, 3.05) is 30.3 Å². The van der Waals surface area contributed by atoms with Crippen LogP contribution in [0.15, 0.2) is 24.3 Å². The molecule has 0 spiro atoms. The van der Waals surface area contributed by atoms with Gasteiger partial charge in [-0.3, -0.25) is 9.69 Å². The highest BCUT2D eigenvalue weighted by Crippen LogP contribution is 2.23. The van der Waals surface area contributed by atoms with Crippen LogP contribution in [0.3, 0.4) is 0 Å². The van der Waals surface area contributed by atoms with Gasteiger partial charge in [-0.25, -0.2) is 4.79 Å². The molecular formula is C22H36N4O2. The third-order valence-corrected chi connectivity index (χ3v) is 5.21. The highest BCUT2D eigenvalue weighted by atomic mass is 16.2. The van der Waals surface area contributed by atoms with Crippen molar-refractivity contribution in [2.45, 2.75) is 59.4 Å². The van der Waals surface area contributed by atoms with Gasteiger partial charge in [-0.2, -0.15) is 0 Å². The van der Waals surface area contributed by atoms with Crippen molar-refractivity contribution >= 4 is 23.3 Å². The Hall–Kier alpha value is -2.08. The van der Waals surface area contributed by atoms with Gasteiger partial charge in [0.2, 0.25) is 5.91 Å². The first-order chi connectivity index (χ1) is 13.2. The Balaban J connectivity index is 1.80. The minimum absolute atomic E-state index is 0.00251. The molecule has 28 heavy (non-hydrogen) atoms. The molecule has 0 aliphatic carbocycles. The SMILES string of the molecule is CC(C)CC(=O)Nc1ccc(NC(=O)NCC(C)(C)N2CCC[C@@H](C)C2)cc1. The van der Waals surface area contributed by atoms with E-state index in [1.165, 1.54) is 12.8 Å². The van der Waals surface area contributed by atoms with Crippen molar-refractivity contribution < 1.29 is 9.59 Å². The fourth-order valence-electron chi connectivity index (χ4n) is 3.54. The van der Waals surface area contributed by atoms with Gasteiger partial charge in [0, 0.05) is 36.4 Å². The molecule has 1 aromatic carbocycles. The molecule has 3 amide bonds. The summed E-state index contributed by atoms with van der Waals surface area (Å²) in [4.78, 5) is 26.6. The molecule has 1 saturated heterocycles. The van der Waals surface area contributed by atoms with E-state index in [2.05, 4.69) is 41.6 Å². The second-order valence-corrected chi connectivity index (χ2v) is 9.04. The van der Waals surface area contributed by atoms with Crippen molar-refractivity contribution in [1.82, 2.24) is 10.2 Å². The lowest BCUT2D eigenvalue weighted by atomic mass is 9.93. The van der Waals surface area contributed by atoms with E-state index >= 15 is 0 Å². The molecule has 2 rings (SSSR count). The molecule has 6 nitrogen and oxygen atoms in total. The molecule has 1 aromatic rings. The van der Waals surface area contributed by atoms with E-state index in [9.17, 15) is 9.59 Å². The highest BCUT2D eigenvalue weighted by Gasteiger charge is 2.30. The molecule has 3 N–H and O–H groups in total. The summed E-state index contributed by atoms with van der Waals surface area (Å²) in [6.07, 6.45) is 3.00. The summed E-state index contributed by atoms with van der Waals surface area (Å²) in [7, 11) is 0. The number of hydrogen-bond acceptors (Lipinski definition) is 3. The Bertz CT molecular complexity index is 655. The van der Waals surface area contributed by atoms with Gasteiger partial charge in [-0.15, -0.1) is 0 Å². The molecule has 6 heteroatoms. The summed E-state index contributed by atoms with van der Waals surface area (Å²) in [5, 5.41) is 8.71. The lowest BCUT2D eigenvalue weighted by Crippen LogP contribution is -2.55. The summed E-state index contributed by atoms with van der Waals surface area (Å²) >= 11 is 0. The van der Waals surface area contributed by atoms with Crippen LogP contribution in [0.2, 0.25) is 0 Å². The molecule has 0 radical (unpaired) electrons. The fraction of sp³-hybridized carbons (Fsp3) is 0.636. The van der Waals surface area contributed by atoms with Crippen LogP contribution in [0.1, 0.15) is 53.9 Å². The average molecular weight is 389 g/mol. The smallest absolute Gasteiger partial charge is 0.319 e. The maximum atomic E-state index is 12.3. The number of piperidine rings is 1. The van der Waals surface area contributed by atoms with E-state index in [1.54, 1.807) is 24.3 Å². The predicted molar refractivity (Wildman–Crippen MR) is 116 cm³/mol. The zero-order chi connectivity index (χ0) is 20.7. The quantitative estimate of drug-likeness (QED) is 0.652. The van der Waals surface area contributed by atoms with E-state index in [0.717, 1.165) is 18.8 Å². The van der Waals surface area contributed by atoms with E-state index < -0.39 is 0 Å². The number of amides is 3. The molecule has 0 saturated carbocycles. The first-order valence-corrected chi connectivity index (χ1v) is 10.4. The molecular weight excluding hydrogens is 352 g/mol. The molecule has 1 fully saturated rings. The molecule has 1 aliphatic heterocycles. The number of nitrogens with one attached hydrogen (secondary N) is 3. The van der Waals surface area contributed by atoms with Gasteiger partial charge in [0.05, 0.1) is 0 Å². The zero-order valence-electron chi connectivity index (χ0n) is 18.0. The summed E-state index contributed by atoms with van der Waals surface area (Å²) in [6.45, 7) is 13.4. The van der Waals surface area contributed by atoms with E-state index in [-0.39, 0.29) is 17.5 Å². The van der Waals surface area contributed by atoms with Crippen LogP contribution >= 0.6 is 0 Å². The molecule has 1 aliphatic rings. The second kappa shape index (κ2) is 9.92. The van der Waals surface area contributed by atoms with Crippen molar-refractivity contribution in [3.05, 3.63) is 24.3 Å². The van der Waals surface area contributed by atoms with Gasteiger partial charge in [0.15, 0.2) is 0 Å². The van der Waals surface area contributed by atoms with Crippen LogP contribution in [-0.2, 0) is 4.79 Å². The van der Waals surface area contributed by atoms with Crippen molar-refractivity contribution in [1.29, 1.82) is 0 Å². The number of anilines is 2. The third-order valence-electron chi connectivity index (χ3n) is 5.21. The van der Waals surface area contributed by atoms with Crippen LogP contribution < -0.4 is 16.0 Å². The van der Waals surface area contributed by atoms with Gasteiger partial charge in [-0.05, 0) is 69.3 Å². The summed E-state index contributed by atoms with van der Waals surface area (Å²) in [6, 6.07) is 6.97. The van der Waals surface area contributed by atoms with Crippen molar-refractivity contribution in [3.8, 4) is 0 Å². The van der Waals surface area contributed by atoms with E-state index in [1.807, 2.05) is 13.8 Å². The Morgan fingerprint density at radius 1 is 1.14 bits per heavy atom. The van der Waals surface area contributed by atoms with Gasteiger partial charge in [-0.1, -0.05) is 20.8 Å². The van der Waals surface area contributed by atoms with Crippen LogP contribution in [0.25, 0.3) is 0 Å². The average Bonchev–Trinajstić information content (AvgIpc) is 2.61. The maximum Gasteiger partial charge on any atom is 0.319 e. The topological polar surface area (TPSA) is 73.5 Å². The number of hydrogen-bond donors (Lipinski definition) is 3. The first-order valence-electron chi connectivity index (χ1n) is 10.4. The molecule has 1 heterocycles. The van der Waals surface area contributed by atoms with Gasteiger partial charge >= 0.3 is 6.03 Å². The van der Waals surface area contributed by atoms with Crippen molar-refractivity contribution in [3.63, 3.8) is 0 Å². The third kappa shape index (κ3) is 7.15. The Kier molecular flexibility index (Phi) is 7.87. The molecule has 0 bridgehead atoms. The summed E-state index contributed by atoms with van der Waals surface area (Å²) in [5.74, 6) is 1.03. The Morgan fingerprint density at radius 2 is 1.75 bits per heavy atom. The predicted octanol–water partition coefficient (Wildman–Crippen LogP) is 4.30. The van der Waals surface area contributed by atoms with Crippen LogP contribution in [-0.4, -0.2) is 42.0 Å². The van der Waals surface area contributed by atoms with Crippen LogP contribution in [0.5, 0.6) is 0 Å². The largest absolute Gasteiger partial charge is 0.336 e. The fourth-order valence-corrected chi connectivity index (χ4v) is 3.54. The number of rotatable bonds is 7. The van der Waals surface area contributed by atoms with Gasteiger partial charge in [0.1, 0.15) is 0 Å². The molecule has 0 aromatic heterocycles. The lowest BCUT2D eigenvalue weighted by molar-refractivity contribution is -0.116. The number of nitrogens with zero attached hydrogens (tertiary/aromatic N) is 1. The first kappa shape index (κ1) is 22.2. The standard InChI is InChI=1S/C22H36N4O2/c1-16(2)13-20(27)24-18-8-10-19(11-9-18)25-21(28)23-15-22(4,5)26-12-6-7-17(3)14-26/h8-11,16-17H,6-7,12-15H2,1-5H3,(H,24,27)(H2,23,25,28)/t17-/m1/s1. The Morgan fingerprint density at radius 3 is 2.32 bits per heavy atom. The Labute approximate surface area is 169 Å².